The molecule has 1 aromatic rings. The van der Waals surface area contributed by atoms with E-state index in [0.717, 1.165) is 29.5 Å². The van der Waals surface area contributed by atoms with Gasteiger partial charge >= 0.3 is 0 Å². The minimum atomic E-state index is 0.787. The Morgan fingerprint density at radius 1 is 1.29 bits per heavy atom. The zero-order valence-electron chi connectivity index (χ0n) is 10.2. The number of rotatable bonds is 2. The summed E-state index contributed by atoms with van der Waals surface area (Å²) >= 11 is 1.74. The third-order valence-electron chi connectivity index (χ3n) is 3.21. The van der Waals surface area contributed by atoms with E-state index in [2.05, 4.69) is 17.3 Å². The number of nitrogens with zero attached hydrogens (tertiary/aromatic N) is 2. The summed E-state index contributed by atoms with van der Waals surface area (Å²) < 4.78 is 2.40. The van der Waals surface area contributed by atoms with E-state index >= 15 is 0 Å². The van der Waals surface area contributed by atoms with Gasteiger partial charge < -0.3 is 0 Å². The van der Waals surface area contributed by atoms with Crippen LogP contribution in [-0.2, 0) is 0 Å². The monoisotopic (exact) mass is 246 g/mol. The van der Waals surface area contributed by atoms with Crippen LogP contribution in [0, 0.1) is 17.2 Å². The van der Waals surface area contributed by atoms with Gasteiger partial charge in [-0.2, -0.15) is 5.26 Å². The molecule has 0 aromatic heterocycles. The summed E-state index contributed by atoms with van der Waals surface area (Å²) in [7, 11) is 0. The Kier molecular flexibility index (Phi) is 4.47. The summed E-state index contributed by atoms with van der Waals surface area (Å²) in [5.41, 5.74) is 0.787. The molecule has 1 aliphatic rings. The normalized spacial score (nSPS) is 21.8. The van der Waals surface area contributed by atoms with E-state index in [1.807, 2.05) is 24.3 Å². The Hall–Kier alpha value is -0.980. The highest BCUT2D eigenvalue weighted by molar-refractivity contribution is 7.97. The quantitative estimate of drug-likeness (QED) is 0.745. The van der Waals surface area contributed by atoms with E-state index in [9.17, 15) is 0 Å². The lowest BCUT2D eigenvalue weighted by Gasteiger charge is -2.18. The van der Waals surface area contributed by atoms with Gasteiger partial charge in [-0.15, -0.1) is 0 Å². The molecule has 3 heteroatoms. The van der Waals surface area contributed by atoms with Crippen LogP contribution in [0.4, 0.5) is 0 Å². The van der Waals surface area contributed by atoms with Crippen molar-refractivity contribution in [2.45, 2.75) is 31.1 Å². The lowest BCUT2D eigenvalue weighted by molar-refractivity contribution is 0.470. The molecule has 0 N–H and O–H groups in total. The first kappa shape index (κ1) is 12.5. The summed E-state index contributed by atoms with van der Waals surface area (Å²) in [6.45, 7) is 4.59. The maximum atomic E-state index is 9.06. The maximum Gasteiger partial charge on any atom is 0.100 e. The Balaban J connectivity index is 2.03. The van der Waals surface area contributed by atoms with E-state index in [1.54, 1.807) is 11.9 Å². The first-order valence-electron chi connectivity index (χ1n) is 6.21. The molecule has 1 fully saturated rings. The molecule has 0 bridgehead atoms. The minimum absolute atomic E-state index is 0.787. The van der Waals surface area contributed by atoms with Crippen LogP contribution in [0.1, 0.15) is 31.7 Å². The molecule has 1 unspecified atom stereocenters. The van der Waals surface area contributed by atoms with Crippen LogP contribution in [0.25, 0.3) is 0 Å². The first-order chi connectivity index (χ1) is 8.29. The van der Waals surface area contributed by atoms with Crippen LogP contribution in [0.3, 0.4) is 0 Å². The number of hydrogen-bond donors (Lipinski definition) is 0. The summed E-state index contributed by atoms with van der Waals surface area (Å²) in [5, 5.41) is 9.06. The van der Waals surface area contributed by atoms with Crippen LogP contribution in [0.15, 0.2) is 29.2 Å². The molecule has 1 atom stereocenters. The molecule has 0 spiro atoms. The van der Waals surface area contributed by atoms with Gasteiger partial charge in [0.1, 0.15) is 6.07 Å². The molecule has 1 aromatic carbocycles. The van der Waals surface area contributed by atoms with Crippen molar-refractivity contribution in [2.24, 2.45) is 5.92 Å². The topological polar surface area (TPSA) is 27.0 Å². The van der Waals surface area contributed by atoms with E-state index in [1.165, 1.54) is 19.3 Å². The van der Waals surface area contributed by atoms with Crippen LogP contribution in [0.5, 0.6) is 0 Å². The van der Waals surface area contributed by atoms with Gasteiger partial charge in [0.15, 0.2) is 0 Å². The fourth-order valence-corrected chi connectivity index (χ4v) is 3.15. The second kappa shape index (κ2) is 6.09. The van der Waals surface area contributed by atoms with Crippen molar-refractivity contribution in [2.75, 3.05) is 13.1 Å². The van der Waals surface area contributed by atoms with Gasteiger partial charge in [-0.25, -0.2) is 4.31 Å². The Morgan fingerprint density at radius 2 is 2.12 bits per heavy atom. The summed E-state index contributed by atoms with van der Waals surface area (Å²) in [6.07, 6.45) is 3.86. The van der Waals surface area contributed by atoms with Crippen molar-refractivity contribution in [3.05, 3.63) is 29.8 Å². The Morgan fingerprint density at radius 3 is 2.94 bits per heavy atom. The summed E-state index contributed by atoms with van der Waals surface area (Å²) in [6, 6.07) is 10.1. The highest BCUT2D eigenvalue weighted by atomic mass is 32.2. The molecule has 1 aliphatic heterocycles. The van der Waals surface area contributed by atoms with Crippen molar-refractivity contribution in [1.82, 2.24) is 4.31 Å². The Labute approximate surface area is 108 Å². The van der Waals surface area contributed by atoms with Crippen molar-refractivity contribution in [3.8, 4) is 6.07 Å². The van der Waals surface area contributed by atoms with Crippen molar-refractivity contribution in [1.29, 1.82) is 5.26 Å². The molecule has 0 saturated carbocycles. The van der Waals surface area contributed by atoms with Crippen LogP contribution in [-0.4, -0.2) is 17.4 Å². The molecular formula is C14H18N2S. The van der Waals surface area contributed by atoms with E-state index in [0.29, 0.717) is 0 Å². The first-order valence-corrected chi connectivity index (χ1v) is 6.99. The standard InChI is InChI=1S/C14H18N2S/c1-12-5-4-9-16(10-8-12)17-14-7-3-2-6-13(14)11-15/h2-3,6-7,12H,4-5,8-10H2,1H3. The molecule has 2 rings (SSSR count). The predicted octanol–water partition coefficient (Wildman–Crippen LogP) is 3.69. The molecular weight excluding hydrogens is 228 g/mol. The van der Waals surface area contributed by atoms with E-state index < -0.39 is 0 Å². The van der Waals surface area contributed by atoms with Crippen LogP contribution in [0.2, 0.25) is 0 Å². The summed E-state index contributed by atoms with van der Waals surface area (Å²) in [5.74, 6) is 0.840. The molecule has 0 radical (unpaired) electrons. The zero-order valence-corrected chi connectivity index (χ0v) is 11.0. The fraction of sp³-hybridized carbons (Fsp3) is 0.500. The second-order valence-electron chi connectivity index (χ2n) is 4.66. The SMILES string of the molecule is CC1CCCN(Sc2ccccc2C#N)CC1. The van der Waals surface area contributed by atoms with Gasteiger partial charge in [-0.3, -0.25) is 0 Å². The molecule has 2 nitrogen and oxygen atoms in total. The molecule has 1 saturated heterocycles. The van der Waals surface area contributed by atoms with Crippen LogP contribution >= 0.6 is 11.9 Å². The lowest BCUT2D eigenvalue weighted by Crippen LogP contribution is -2.16. The van der Waals surface area contributed by atoms with Crippen molar-refractivity contribution in [3.63, 3.8) is 0 Å². The van der Waals surface area contributed by atoms with Crippen molar-refractivity contribution < 1.29 is 0 Å². The molecule has 0 aliphatic carbocycles. The minimum Gasteiger partial charge on any atom is -0.246 e. The van der Waals surface area contributed by atoms with Gasteiger partial charge in [0.05, 0.1) is 5.56 Å². The molecule has 0 amide bonds. The smallest absolute Gasteiger partial charge is 0.100 e. The van der Waals surface area contributed by atoms with Gasteiger partial charge in [-0.1, -0.05) is 19.1 Å². The average molecular weight is 246 g/mol. The second-order valence-corrected chi connectivity index (χ2v) is 5.80. The largest absolute Gasteiger partial charge is 0.246 e. The van der Waals surface area contributed by atoms with Crippen molar-refractivity contribution >= 4 is 11.9 Å². The van der Waals surface area contributed by atoms with E-state index in [4.69, 9.17) is 5.26 Å². The average Bonchev–Trinajstić information content (AvgIpc) is 2.55. The number of benzene rings is 1. The number of nitriles is 1. The highest BCUT2D eigenvalue weighted by Crippen LogP contribution is 2.29. The Bertz CT molecular complexity index is 411. The zero-order chi connectivity index (χ0) is 12.1. The number of hydrogen-bond acceptors (Lipinski definition) is 3. The van der Waals surface area contributed by atoms with Crippen LogP contribution < -0.4 is 0 Å². The maximum absolute atomic E-state index is 9.06. The van der Waals surface area contributed by atoms with Gasteiger partial charge in [0.2, 0.25) is 0 Å². The lowest BCUT2D eigenvalue weighted by atomic mass is 10.0. The highest BCUT2D eigenvalue weighted by Gasteiger charge is 2.15. The molecule has 17 heavy (non-hydrogen) atoms. The predicted molar refractivity (Wildman–Crippen MR) is 71.6 cm³/mol. The molecule has 1 heterocycles. The van der Waals surface area contributed by atoms with Gasteiger partial charge in [0.25, 0.3) is 0 Å². The van der Waals surface area contributed by atoms with Gasteiger partial charge in [0, 0.05) is 18.0 Å². The molecule has 90 valence electrons. The summed E-state index contributed by atoms with van der Waals surface area (Å²) in [4.78, 5) is 1.09. The van der Waals surface area contributed by atoms with E-state index in [-0.39, 0.29) is 0 Å². The van der Waals surface area contributed by atoms with Gasteiger partial charge in [-0.05, 0) is 49.3 Å². The third-order valence-corrected chi connectivity index (χ3v) is 4.39. The fourth-order valence-electron chi connectivity index (χ4n) is 2.11. The third kappa shape index (κ3) is 3.49.